The number of benzene rings is 2. The molecule has 31 heavy (non-hydrogen) atoms. The van der Waals surface area contributed by atoms with Gasteiger partial charge in [0.05, 0.1) is 4.47 Å². The first-order valence-electron chi connectivity index (χ1n) is 10.5. The zero-order valence-electron chi connectivity index (χ0n) is 18.0. The number of carboxylic acids is 1. The lowest BCUT2D eigenvalue weighted by atomic mass is 9.84. The standard InChI is InChI=1S/C25H28BrNO4/c1-16(2)18-12-13-25(3,15-18)24(30)27-21(23(28)29)14-17-8-10-19(11-9-17)31-22-7-5-4-6-20(22)26/h4-11,14,16,18H,12-13,15H2,1-3H3,(H,27,30)(H,28,29)/b21-14-. The molecule has 1 saturated carbocycles. The van der Waals surface area contributed by atoms with E-state index in [0.717, 1.165) is 23.7 Å². The maximum absolute atomic E-state index is 12.9. The summed E-state index contributed by atoms with van der Waals surface area (Å²) in [5.74, 6) is 0.936. The second-order valence-corrected chi connectivity index (χ2v) is 9.58. The molecule has 1 amide bonds. The van der Waals surface area contributed by atoms with E-state index in [4.69, 9.17) is 4.74 Å². The molecule has 1 aliphatic rings. The van der Waals surface area contributed by atoms with Gasteiger partial charge in [0.15, 0.2) is 0 Å². The number of rotatable bonds is 7. The number of para-hydroxylation sites is 1. The third kappa shape index (κ3) is 5.76. The molecule has 0 aromatic heterocycles. The minimum atomic E-state index is -1.16. The predicted octanol–water partition coefficient (Wildman–Crippen LogP) is 6.25. The molecule has 0 spiro atoms. The van der Waals surface area contributed by atoms with Crippen LogP contribution >= 0.6 is 15.9 Å². The van der Waals surface area contributed by atoms with Crippen LogP contribution in [0.5, 0.6) is 11.5 Å². The Hall–Kier alpha value is -2.60. The highest BCUT2D eigenvalue weighted by molar-refractivity contribution is 9.10. The number of hydrogen-bond donors (Lipinski definition) is 2. The summed E-state index contributed by atoms with van der Waals surface area (Å²) in [7, 11) is 0. The van der Waals surface area contributed by atoms with E-state index in [0.29, 0.717) is 28.9 Å². The molecule has 2 atom stereocenters. The number of carboxylic acid groups (broad SMARTS) is 1. The fourth-order valence-electron chi connectivity index (χ4n) is 3.94. The molecule has 0 bridgehead atoms. The normalized spacial score (nSPS) is 21.2. The number of amides is 1. The number of halogens is 1. The first-order valence-corrected chi connectivity index (χ1v) is 11.3. The lowest BCUT2D eigenvalue weighted by Crippen LogP contribution is -2.38. The second kappa shape index (κ2) is 9.69. The number of carbonyl (C=O) groups is 2. The SMILES string of the molecule is CC(C)C1CCC(C)(C(=O)N/C(=C\c2ccc(Oc3ccccc3Br)cc2)C(=O)O)C1. The molecule has 0 heterocycles. The Labute approximate surface area is 191 Å². The third-order valence-electron chi connectivity index (χ3n) is 6.00. The highest BCUT2D eigenvalue weighted by Gasteiger charge is 2.42. The van der Waals surface area contributed by atoms with Gasteiger partial charge in [-0.1, -0.05) is 45.0 Å². The Bertz CT molecular complexity index is 983. The van der Waals surface area contributed by atoms with E-state index >= 15 is 0 Å². The van der Waals surface area contributed by atoms with Gasteiger partial charge in [-0.3, -0.25) is 4.79 Å². The highest BCUT2D eigenvalue weighted by Crippen LogP contribution is 2.44. The largest absolute Gasteiger partial charge is 0.477 e. The van der Waals surface area contributed by atoms with Gasteiger partial charge in [-0.25, -0.2) is 4.79 Å². The van der Waals surface area contributed by atoms with Crippen LogP contribution in [-0.4, -0.2) is 17.0 Å². The van der Waals surface area contributed by atoms with Crippen LogP contribution in [0, 0.1) is 17.3 Å². The number of hydrogen-bond acceptors (Lipinski definition) is 3. The topological polar surface area (TPSA) is 75.6 Å². The van der Waals surface area contributed by atoms with Crippen molar-refractivity contribution in [2.24, 2.45) is 17.3 Å². The van der Waals surface area contributed by atoms with Crippen LogP contribution < -0.4 is 10.1 Å². The van der Waals surface area contributed by atoms with Gasteiger partial charge < -0.3 is 15.2 Å². The van der Waals surface area contributed by atoms with Crippen molar-refractivity contribution in [3.05, 3.63) is 64.3 Å². The fourth-order valence-corrected chi connectivity index (χ4v) is 4.31. The number of aliphatic carboxylic acids is 1. The second-order valence-electron chi connectivity index (χ2n) is 8.73. The molecule has 0 aliphatic heterocycles. The van der Waals surface area contributed by atoms with E-state index in [1.165, 1.54) is 6.08 Å². The average molecular weight is 486 g/mol. The summed E-state index contributed by atoms with van der Waals surface area (Å²) in [6.07, 6.45) is 4.02. The number of carbonyl (C=O) groups excluding carboxylic acids is 1. The molecule has 2 unspecified atom stereocenters. The smallest absolute Gasteiger partial charge is 0.352 e. The molecule has 2 aromatic carbocycles. The van der Waals surface area contributed by atoms with E-state index in [2.05, 4.69) is 35.1 Å². The van der Waals surface area contributed by atoms with E-state index in [-0.39, 0.29) is 11.6 Å². The summed E-state index contributed by atoms with van der Waals surface area (Å²) in [6, 6.07) is 14.6. The summed E-state index contributed by atoms with van der Waals surface area (Å²) in [4.78, 5) is 24.7. The molecule has 6 heteroatoms. The van der Waals surface area contributed by atoms with Crippen LogP contribution in [0.3, 0.4) is 0 Å². The molecule has 164 valence electrons. The van der Waals surface area contributed by atoms with Crippen LogP contribution in [0.2, 0.25) is 0 Å². The summed E-state index contributed by atoms with van der Waals surface area (Å²) in [5.41, 5.74) is -0.00273. The maximum Gasteiger partial charge on any atom is 0.352 e. The zero-order valence-corrected chi connectivity index (χ0v) is 19.6. The first-order chi connectivity index (χ1) is 14.7. The molecule has 1 fully saturated rings. The zero-order chi connectivity index (χ0) is 22.6. The van der Waals surface area contributed by atoms with E-state index in [1.54, 1.807) is 24.3 Å². The van der Waals surface area contributed by atoms with Gasteiger partial charge in [0, 0.05) is 5.41 Å². The van der Waals surface area contributed by atoms with Crippen LogP contribution in [0.4, 0.5) is 0 Å². The van der Waals surface area contributed by atoms with Gasteiger partial charge in [-0.2, -0.15) is 0 Å². The molecule has 2 N–H and O–H groups in total. The molecular formula is C25H28BrNO4. The van der Waals surface area contributed by atoms with Crippen LogP contribution in [0.1, 0.15) is 45.6 Å². The maximum atomic E-state index is 12.9. The minimum Gasteiger partial charge on any atom is -0.477 e. The van der Waals surface area contributed by atoms with Crippen LogP contribution in [0.15, 0.2) is 58.7 Å². The summed E-state index contributed by atoms with van der Waals surface area (Å²) in [6.45, 7) is 6.26. The van der Waals surface area contributed by atoms with Gasteiger partial charge in [0.25, 0.3) is 0 Å². The van der Waals surface area contributed by atoms with Crippen molar-refractivity contribution in [2.75, 3.05) is 0 Å². The van der Waals surface area contributed by atoms with Crippen molar-refractivity contribution in [1.29, 1.82) is 0 Å². The van der Waals surface area contributed by atoms with Crippen molar-refractivity contribution >= 4 is 33.9 Å². The Balaban J connectivity index is 1.71. The van der Waals surface area contributed by atoms with Crippen molar-refractivity contribution in [3.8, 4) is 11.5 Å². The Morgan fingerprint density at radius 3 is 2.45 bits per heavy atom. The molecule has 3 rings (SSSR count). The molecule has 2 aromatic rings. The van der Waals surface area contributed by atoms with Gasteiger partial charge in [0.2, 0.25) is 5.91 Å². The number of nitrogens with one attached hydrogen (secondary N) is 1. The van der Waals surface area contributed by atoms with Crippen molar-refractivity contribution in [1.82, 2.24) is 5.32 Å². The monoisotopic (exact) mass is 485 g/mol. The Morgan fingerprint density at radius 1 is 1.19 bits per heavy atom. The predicted molar refractivity (Wildman–Crippen MR) is 125 cm³/mol. The van der Waals surface area contributed by atoms with Crippen LogP contribution in [-0.2, 0) is 9.59 Å². The molecule has 5 nitrogen and oxygen atoms in total. The lowest BCUT2D eigenvalue weighted by molar-refractivity contribution is -0.136. The molecule has 0 radical (unpaired) electrons. The molecule has 1 aliphatic carbocycles. The molecular weight excluding hydrogens is 458 g/mol. The Morgan fingerprint density at radius 2 is 1.87 bits per heavy atom. The van der Waals surface area contributed by atoms with Gasteiger partial charge >= 0.3 is 5.97 Å². The average Bonchev–Trinajstić information content (AvgIpc) is 3.14. The quantitative estimate of drug-likeness (QED) is 0.454. The van der Waals surface area contributed by atoms with Gasteiger partial charge in [-0.05, 0) is 82.9 Å². The summed E-state index contributed by atoms with van der Waals surface area (Å²) < 4.78 is 6.68. The summed E-state index contributed by atoms with van der Waals surface area (Å²) >= 11 is 3.44. The van der Waals surface area contributed by atoms with Crippen LogP contribution in [0.25, 0.3) is 6.08 Å². The number of ether oxygens (including phenoxy) is 1. The summed E-state index contributed by atoms with van der Waals surface area (Å²) in [5, 5.41) is 12.3. The van der Waals surface area contributed by atoms with E-state index in [1.807, 2.05) is 31.2 Å². The van der Waals surface area contributed by atoms with Crippen molar-refractivity contribution in [2.45, 2.75) is 40.0 Å². The van der Waals surface area contributed by atoms with E-state index in [9.17, 15) is 14.7 Å². The van der Waals surface area contributed by atoms with Crippen molar-refractivity contribution in [3.63, 3.8) is 0 Å². The minimum absolute atomic E-state index is 0.126. The van der Waals surface area contributed by atoms with Gasteiger partial charge in [0.1, 0.15) is 17.2 Å². The third-order valence-corrected chi connectivity index (χ3v) is 6.66. The fraction of sp³-hybridized carbons (Fsp3) is 0.360. The van der Waals surface area contributed by atoms with Gasteiger partial charge in [-0.15, -0.1) is 0 Å². The first kappa shape index (κ1) is 23.1. The van der Waals surface area contributed by atoms with E-state index < -0.39 is 11.4 Å². The molecule has 0 saturated heterocycles. The lowest BCUT2D eigenvalue weighted by Gasteiger charge is -2.24. The highest BCUT2D eigenvalue weighted by atomic mass is 79.9. The van der Waals surface area contributed by atoms with Crippen molar-refractivity contribution < 1.29 is 19.4 Å². The Kier molecular flexibility index (Phi) is 7.21.